The molecule has 6 nitrogen and oxygen atoms in total. The zero-order valence-electron chi connectivity index (χ0n) is 16.9. The van der Waals surface area contributed by atoms with Crippen LogP contribution in [-0.2, 0) is 15.2 Å². The third kappa shape index (κ3) is 5.51. The Bertz CT molecular complexity index is 985. The number of methoxy groups -OCH3 is 1. The second-order valence-electron chi connectivity index (χ2n) is 7.02. The molecule has 4 rings (SSSR count). The Morgan fingerprint density at radius 2 is 2.03 bits per heavy atom. The number of nitrogens with one attached hydrogen (secondary N) is 1. The first-order valence-electron chi connectivity index (χ1n) is 9.96. The predicted octanol–water partition coefficient (Wildman–Crippen LogP) is 4.12. The van der Waals surface area contributed by atoms with Crippen molar-refractivity contribution in [1.29, 1.82) is 0 Å². The molecule has 30 heavy (non-hydrogen) atoms. The van der Waals surface area contributed by atoms with Gasteiger partial charge < -0.3 is 14.8 Å². The number of carbonyl (C=O) groups excluding carboxylic acids is 1. The van der Waals surface area contributed by atoms with Crippen LogP contribution in [0.3, 0.4) is 0 Å². The van der Waals surface area contributed by atoms with Gasteiger partial charge in [0.05, 0.1) is 36.1 Å². The van der Waals surface area contributed by atoms with E-state index in [-0.39, 0.29) is 5.97 Å². The molecule has 1 aliphatic rings. The fourth-order valence-electron chi connectivity index (χ4n) is 3.26. The van der Waals surface area contributed by atoms with Crippen LogP contribution in [0.4, 0.5) is 5.69 Å². The first-order valence-corrected chi connectivity index (χ1v) is 11.8. The molecule has 1 N–H and O–H groups in total. The van der Waals surface area contributed by atoms with Crippen molar-refractivity contribution in [2.24, 2.45) is 0 Å². The molecule has 3 aromatic rings. The van der Waals surface area contributed by atoms with Crippen LogP contribution in [0.5, 0.6) is 0 Å². The first-order chi connectivity index (χ1) is 14.7. The molecule has 0 bridgehead atoms. The molecule has 1 aliphatic heterocycles. The number of rotatable bonds is 8. The summed E-state index contributed by atoms with van der Waals surface area (Å²) in [4.78, 5) is 18.7. The number of thiazole rings is 1. The summed E-state index contributed by atoms with van der Waals surface area (Å²) in [5.41, 5.74) is 3.88. The van der Waals surface area contributed by atoms with Crippen molar-refractivity contribution >= 4 is 45.0 Å². The Morgan fingerprint density at radius 1 is 1.23 bits per heavy atom. The van der Waals surface area contributed by atoms with Crippen LogP contribution < -0.4 is 5.32 Å². The van der Waals surface area contributed by atoms with Crippen molar-refractivity contribution in [3.8, 4) is 0 Å². The van der Waals surface area contributed by atoms with E-state index in [1.807, 2.05) is 12.1 Å². The number of fused-ring (bicyclic) bond motifs is 1. The SMILES string of the molecule is COC(=O)c1ccc(CSc2nc3ccc(NCCN4CCOCC4)cc3s2)cc1. The summed E-state index contributed by atoms with van der Waals surface area (Å²) in [5.74, 6) is 0.501. The summed E-state index contributed by atoms with van der Waals surface area (Å²) in [6, 6.07) is 13.9. The molecule has 2 heterocycles. The lowest BCUT2D eigenvalue weighted by Crippen LogP contribution is -2.38. The summed E-state index contributed by atoms with van der Waals surface area (Å²) >= 11 is 3.43. The number of nitrogens with zero attached hydrogens (tertiary/aromatic N) is 2. The topological polar surface area (TPSA) is 63.7 Å². The number of carbonyl (C=O) groups is 1. The fourth-order valence-corrected chi connectivity index (χ4v) is 5.32. The van der Waals surface area contributed by atoms with E-state index in [0.717, 1.165) is 66.3 Å². The van der Waals surface area contributed by atoms with Crippen molar-refractivity contribution < 1.29 is 14.3 Å². The van der Waals surface area contributed by atoms with Crippen molar-refractivity contribution in [2.75, 3.05) is 51.8 Å². The highest BCUT2D eigenvalue weighted by Crippen LogP contribution is 2.33. The Kier molecular flexibility index (Phi) is 7.22. The molecule has 0 amide bonds. The van der Waals surface area contributed by atoms with Gasteiger partial charge in [0, 0.05) is 37.6 Å². The summed E-state index contributed by atoms with van der Waals surface area (Å²) in [5, 5.41) is 3.52. The summed E-state index contributed by atoms with van der Waals surface area (Å²) < 4.78 is 12.4. The fraction of sp³-hybridized carbons (Fsp3) is 0.364. The standard InChI is InChI=1S/C22H25N3O3S2/c1-27-21(26)17-4-2-16(3-5-17)15-29-22-24-19-7-6-18(14-20(19)30-22)23-8-9-25-10-12-28-13-11-25/h2-7,14,23H,8-13,15H2,1H3. The maximum atomic E-state index is 11.5. The van der Waals surface area contributed by atoms with E-state index in [4.69, 9.17) is 14.5 Å². The molecule has 0 radical (unpaired) electrons. The van der Waals surface area contributed by atoms with E-state index >= 15 is 0 Å². The van der Waals surface area contributed by atoms with E-state index in [2.05, 4.69) is 28.4 Å². The molecular weight excluding hydrogens is 418 g/mol. The van der Waals surface area contributed by atoms with Crippen LogP contribution >= 0.6 is 23.1 Å². The summed E-state index contributed by atoms with van der Waals surface area (Å²) in [6.07, 6.45) is 0. The van der Waals surface area contributed by atoms with Gasteiger partial charge in [-0.05, 0) is 35.9 Å². The lowest BCUT2D eigenvalue weighted by Gasteiger charge is -2.26. The molecule has 1 saturated heterocycles. The van der Waals surface area contributed by atoms with Gasteiger partial charge in [-0.25, -0.2) is 9.78 Å². The highest BCUT2D eigenvalue weighted by molar-refractivity contribution is 8.00. The number of esters is 1. The zero-order valence-corrected chi connectivity index (χ0v) is 18.6. The zero-order chi connectivity index (χ0) is 20.8. The highest BCUT2D eigenvalue weighted by Gasteiger charge is 2.10. The molecule has 0 spiro atoms. The molecule has 2 aromatic carbocycles. The summed E-state index contributed by atoms with van der Waals surface area (Å²) in [6.45, 7) is 5.65. The smallest absolute Gasteiger partial charge is 0.337 e. The Morgan fingerprint density at radius 3 is 2.80 bits per heavy atom. The molecule has 1 aromatic heterocycles. The third-order valence-electron chi connectivity index (χ3n) is 4.97. The van der Waals surface area contributed by atoms with Gasteiger partial charge in [-0.2, -0.15) is 0 Å². The minimum atomic E-state index is -0.310. The lowest BCUT2D eigenvalue weighted by atomic mass is 10.1. The van der Waals surface area contributed by atoms with Crippen LogP contribution in [0.1, 0.15) is 15.9 Å². The van der Waals surface area contributed by atoms with Gasteiger partial charge in [-0.3, -0.25) is 4.90 Å². The first kappa shape index (κ1) is 21.1. The molecular formula is C22H25N3O3S2. The minimum absolute atomic E-state index is 0.310. The van der Waals surface area contributed by atoms with Crippen LogP contribution in [0, 0.1) is 0 Å². The van der Waals surface area contributed by atoms with Gasteiger partial charge in [0.25, 0.3) is 0 Å². The van der Waals surface area contributed by atoms with E-state index < -0.39 is 0 Å². The quantitative estimate of drug-likeness (QED) is 0.415. The van der Waals surface area contributed by atoms with Gasteiger partial charge in [-0.15, -0.1) is 11.3 Å². The number of benzene rings is 2. The van der Waals surface area contributed by atoms with E-state index in [1.165, 1.54) is 11.8 Å². The molecule has 0 unspecified atom stereocenters. The molecule has 158 valence electrons. The second kappa shape index (κ2) is 10.3. The number of anilines is 1. The number of hydrogen-bond donors (Lipinski definition) is 1. The van der Waals surface area contributed by atoms with Crippen molar-refractivity contribution in [3.63, 3.8) is 0 Å². The molecule has 8 heteroatoms. The highest BCUT2D eigenvalue weighted by atomic mass is 32.2. The van der Waals surface area contributed by atoms with Gasteiger partial charge in [0.2, 0.25) is 0 Å². The van der Waals surface area contributed by atoms with Crippen molar-refractivity contribution in [2.45, 2.75) is 10.1 Å². The monoisotopic (exact) mass is 443 g/mol. The Balaban J connectivity index is 1.31. The normalized spacial score (nSPS) is 14.7. The van der Waals surface area contributed by atoms with Crippen LogP contribution in [0.25, 0.3) is 10.2 Å². The minimum Gasteiger partial charge on any atom is -0.465 e. The maximum Gasteiger partial charge on any atom is 0.337 e. The van der Waals surface area contributed by atoms with Crippen LogP contribution in [0.15, 0.2) is 46.8 Å². The van der Waals surface area contributed by atoms with Gasteiger partial charge >= 0.3 is 5.97 Å². The number of hydrogen-bond acceptors (Lipinski definition) is 8. The van der Waals surface area contributed by atoms with E-state index in [0.29, 0.717) is 5.56 Å². The molecule has 0 saturated carbocycles. The molecule has 0 aliphatic carbocycles. The number of morpholine rings is 1. The van der Waals surface area contributed by atoms with Gasteiger partial charge in [0.15, 0.2) is 4.34 Å². The molecule has 1 fully saturated rings. The average molecular weight is 444 g/mol. The number of ether oxygens (including phenoxy) is 2. The molecule has 0 atom stereocenters. The average Bonchev–Trinajstić information content (AvgIpc) is 3.20. The van der Waals surface area contributed by atoms with Crippen molar-refractivity contribution in [1.82, 2.24) is 9.88 Å². The predicted molar refractivity (Wildman–Crippen MR) is 123 cm³/mol. The van der Waals surface area contributed by atoms with Crippen molar-refractivity contribution in [3.05, 3.63) is 53.6 Å². The maximum absolute atomic E-state index is 11.5. The second-order valence-corrected chi connectivity index (χ2v) is 9.27. The Hall–Kier alpha value is -2.13. The van der Waals surface area contributed by atoms with E-state index in [9.17, 15) is 4.79 Å². The Labute approximate surface area is 184 Å². The third-order valence-corrected chi connectivity index (χ3v) is 7.20. The summed E-state index contributed by atoms with van der Waals surface area (Å²) in [7, 11) is 1.39. The van der Waals surface area contributed by atoms with Gasteiger partial charge in [0.1, 0.15) is 0 Å². The number of aromatic nitrogens is 1. The van der Waals surface area contributed by atoms with Crippen LogP contribution in [-0.4, -0.2) is 62.4 Å². The lowest BCUT2D eigenvalue weighted by molar-refractivity contribution is 0.0398. The van der Waals surface area contributed by atoms with Crippen LogP contribution in [0.2, 0.25) is 0 Å². The largest absolute Gasteiger partial charge is 0.465 e. The van der Waals surface area contributed by atoms with Gasteiger partial charge in [-0.1, -0.05) is 23.9 Å². The van der Waals surface area contributed by atoms with E-state index in [1.54, 1.807) is 35.2 Å². The number of thioether (sulfide) groups is 1.